The van der Waals surface area contributed by atoms with Gasteiger partial charge in [0.05, 0.1) is 0 Å². The lowest BCUT2D eigenvalue weighted by Gasteiger charge is -2.28. The van der Waals surface area contributed by atoms with Crippen molar-refractivity contribution in [3.8, 4) is 0 Å². The standard InChI is InChI=1S/C34H50N4O4/c1-7-21-17(3)25-13-26-19(5)23(9-11-33(39)40)31(37-26)16-32-24(10-12-34(41)42)20(6)28(38-32)15-30-22(8-2)18(4)27(36-30)14-29(21)35-25/h7-8,20,24-32,35-38H,1-2,9-16H2,3-6H3,(H,39,40)(H,41,42). The van der Waals surface area contributed by atoms with Crippen LogP contribution < -0.4 is 21.3 Å². The lowest BCUT2D eigenvalue weighted by Crippen LogP contribution is -2.46. The maximum absolute atomic E-state index is 11.6. The monoisotopic (exact) mass is 578 g/mol. The molecule has 10 unspecified atom stereocenters. The molecule has 230 valence electrons. The van der Waals surface area contributed by atoms with Gasteiger partial charge in [0.25, 0.3) is 0 Å². The summed E-state index contributed by atoms with van der Waals surface area (Å²) in [5.41, 5.74) is 7.76. The first kappa shape index (κ1) is 30.9. The molecule has 0 saturated carbocycles. The van der Waals surface area contributed by atoms with E-state index in [1.165, 1.54) is 33.4 Å². The number of nitrogens with one attached hydrogen (secondary N) is 4. The molecule has 5 aliphatic heterocycles. The summed E-state index contributed by atoms with van der Waals surface area (Å²) < 4.78 is 0. The summed E-state index contributed by atoms with van der Waals surface area (Å²) in [6.45, 7) is 17.3. The van der Waals surface area contributed by atoms with E-state index in [0.717, 1.165) is 25.7 Å². The molecule has 8 nitrogen and oxygen atoms in total. The fourth-order valence-corrected chi connectivity index (χ4v) is 8.86. The highest BCUT2D eigenvalue weighted by molar-refractivity contribution is 5.67. The van der Waals surface area contributed by atoms with Crippen LogP contribution in [0.3, 0.4) is 0 Å². The first-order valence-corrected chi connectivity index (χ1v) is 15.9. The Hall–Kier alpha value is -2.52. The molecule has 42 heavy (non-hydrogen) atoms. The number of rotatable bonds is 8. The van der Waals surface area contributed by atoms with Gasteiger partial charge in [-0.1, -0.05) is 54.5 Å². The van der Waals surface area contributed by atoms with E-state index in [1.54, 1.807) is 0 Å². The SMILES string of the molecule is C=CC1=C(C)C2CC3NC(CC4NC(CC5NC(CC1N2)C(C)=C5C=C)C(C)C4CCC(=O)O)C(CCC(=O)O)=C3C. The largest absolute Gasteiger partial charge is 0.481 e. The number of carbonyl (C=O) groups is 2. The zero-order valence-electron chi connectivity index (χ0n) is 25.7. The highest BCUT2D eigenvalue weighted by Gasteiger charge is 2.45. The molecule has 8 bridgehead atoms. The molecule has 2 saturated heterocycles. The highest BCUT2D eigenvalue weighted by atomic mass is 16.4. The number of fused-ring (bicyclic) bond motifs is 8. The highest BCUT2D eigenvalue weighted by Crippen LogP contribution is 2.41. The summed E-state index contributed by atoms with van der Waals surface area (Å²) in [5, 5.41) is 34.9. The maximum Gasteiger partial charge on any atom is 0.303 e. The van der Waals surface area contributed by atoms with Crippen molar-refractivity contribution in [2.75, 3.05) is 0 Å². The van der Waals surface area contributed by atoms with Crippen LogP contribution in [0.1, 0.15) is 79.1 Å². The first-order valence-electron chi connectivity index (χ1n) is 15.9. The first-order chi connectivity index (χ1) is 20.0. The topological polar surface area (TPSA) is 123 Å². The van der Waals surface area contributed by atoms with Crippen molar-refractivity contribution in [1.82, 2.24) is 21.3 Å². The normalized spacial score (nSPS) is 38.4. The maximum atomic E-state index is 11.6. The summed E-state index contributed by atoms with van der Waals surface area (Å²) >= 11 is 0. The molecule has 0 aliphatic carbocycles. The lowest BCUT2D eigenvalue weighted by molar-refractivity contribution is -0.138. The Labute approximate surface area is 250 Å². The Morgan fingerprint density at radius 3 is 1.79 bits per heavy atom. The quantitative estimate of drug-likeness (QED) is 0.237. The smallest absolute Gasteiger partial charge is 0.303 e. The molecule has 0 spiro atoms. The van der Waals surface area contributed by atoms with Crippen LogP contribution in [-0.2, 0) is 9.59 Å². The minimum Gasteiger partial charge on any atom is -0.481 e. The van der Waals surface area contributed by atoms with Crippen LogP contribution in [-0.4, -0.2) is 70.5 Å². The van der Waals surface area contributed by atoms with Gasteiger partial charge in [-0.15, -0.1) is 0 Å². The van der Waals surface area contributed by atoms with Crippen LogP contribution in [0, 0.1) is 11.8 Å². The third-order valence-corrected chi connectivity index (χ3v) is 11.3. The van der Waals surface area contributed by atoms with Gasteiger partial charge in [-0.2, -0.15) is 0 Å². The molecule has 5 aliphatic rings. The van der Waals surface area contributed by atoms with Crippen LogP contribution >= 0.6 is 0 Å². The van der Waals surface area contributed by atoms with Crippen molar-refractivity contribution >= 4 is 11.9 Å². The van der Waals surface area contributed by atoms with Gasteiger partial charge in [0.2, 0.25) is 0 Å². The fraction of sp³-hybridized carbons (Fsp3) is 0.647. The van der Waals surface area contributed by atoms with E-state index < -0.39 is 11.9 Å². The minimum absolute atomic E-state index is 0.0678. The van der Waals surface area contributed by atoms with Crippen LogP contribution in [0.15, 0.2) is 58.7 Å². The number of hydrogen-bond acceptors (Lipinski definition) is 6. The third kappa shape index (κ3) is 5.96. The number of aliphatic carboxylic acids is 2. The number of hydrogen-bond donors (Lipinski definition) is 6. The summed E-state index contributed by atoms with van der Waals surface area (Å²) in [6.07, 6.45) is 9.07. The van der Waals surface area contributed by atoms with Gasteiger partial charge in [0.1, 0.15) is 0 Å². The molecule has 0 aromatic carbocycles. The predicted octanol–water partition coefficient (Wildman–Crippen LogP) is 4.23. The third-order valence-electron chi connectivity index (χ3n) is 11.3. The Morgan fingerprint density at radius 1 is 0.714 bits per heavy atom. The van der Waals surface area contributed by atoms with Crippen molar-refractivity contribution < 1.29 is 19.8 Å². The number of carboxylic acid groups (broad SMARTS) is 2. The molecule has 0 aromatic rings. The van der Waals surface area contributed by atoms with Gasteiger partial charge in [0.15, 0.2) is 0 Å². The molecule has 6 N–H and O–H groups in total. The second-order valence-electron chi connectivity index (χ2n) is 13.4. The van der Waals surface area contributed by atoms with E-state index in [2.05, 4.69) is 62.1 Å². The molecule has 10 atom stereocenters. The summed E-state index contributed by atoms with van der Waals surface area (Å²) in [6, 6.07) is 1.46. The summed E-state index contributed by atoms with van der Waals surface area (Å²) in [5.74, 6) is -0.979. The van der Waals surface area contributed by atoms with E-state index in [1.807, 2.05) is 12.2 Å². The van der Waals surface area contributed by atoms with Crippen molar-refractivity contribution in [2.45, 2.75) is 127 Å². The molecule has 8 heteroatoms. The molecular weight excluding hydrogens is 528 g/mol. The van der Waals surface area contributed by atoms with Crippen LogP contribution in [0.25, 0.3) is 0 Å². The van der Waals surface area contributed by atoms with Crippen LogP contribution in [0.4, 0.5) is 0 Å². The molecule has 2 fully saturated rings. The van der Waals surface area contributed by atoms with Gasteiger partial charge in [-0.3, -0.25) is 9.59 Å². The van der Waals surface area contributed by atoms with Crippen molar-refractivity contribution in [2.24, 2.45) is 11.8 Å². The molecule has 0 aromatic heterocycles. The van der Waals surface area contributed by atoms with Crippen LogP contribution in [0.2, 0.25) is 0 Å². The second kappa shape index (κ2) is 12.6. The average Bonchev–Trinajstić information content (AvgIpc) is 3.59. The Bertz CT molecular complexity index is 1220. The van der Waals surface area contributed by atoms with Gasteiger partial charge in [-0.05, 0) is 82.3 Å². The molecule has 5 rings (SSSR count). The van der Waals surface area contributed by atoms with Crippen molar-refractivity contribution in [1.29, 1.82) is 0 Å². The molecule has 5 heterocycles. The lowest BCUT2D eigenvalue weighted by atomic mass is 9.80. The van der Waals surface area contributed by atoms with E-state index >= 15 is 0 Å². The van der Waals surface area contributed by atoms with Gasteiger partial charge in [0, 0.05) is 61.2 Å². The zero-order chi connectivity index (χ0) is 30.3. The van der Waals surface area contributed by atoms with Gasteiger partial charge in [-0.25, -0.2) is 0 Å². The second-order valence-corrected chi connectivity index (χ2v) is 13.4. The minimum atomic E-state index is -0.776. The molecule has 0 amide bonds. The molecular formula is C34H50N4O4. The van der Waals surface area contributed by atoms with Crippen molar-refractivity contribution in [3.05, 3.63) is 58.7 Å². The zero-order valence-corrected chi connectivity index (χ0v) is 25.7. The molecule has 0 radical (unpaired) electrons. The van der Waals surface area contributed by atoms with E-state index in [-0.39, 0.29) is 67.1 Å². The van der Waals surface area contributed by atoms with Crippen LogP contribution in [0.5, 0.6) is 0 Å². The van der Waals surface area contributed by atoms with Gasteiger partial charge < -0.3 is 31.5 Å². The fourth-order valence-electron chi connectivity index (χ4n) is 8.86. The Morgan fingerprint density at radius 2 is 1.21 bits per heavy atom. The summed E-state index contributed by atoms with van der Waals surface area (Å²) in [7, 11) is 0. The van der Waals surface area contributed by atoms with Crippen molar-refractivity contribution in [3.63, 3.8) is 0 Å². The van der Waals surface area contributed by atoms with Gasteiger partial charge >= 0.3 is 11.9 Å². The van der Waals surface area contributed by atoms with E-state index in [9.17, 15) is 19.8 Å². The average molecular weight is 579 g/mol. The number of carboxylic acids is 2. The van der Waals surface area contributed by atoms with E-state index in [0.29, 0.717) is 18.8 Å². The Balaban J connectivity index is 1.51. The predicted molar refractivity (Wildman–Crippen MR) is 166 cm³/mol. The Kier molecular flexibility index (Phi) is 9.28. The van der Waals surface area contributed by atoms with E-state index in [4.69, 9.17) is 0 Å². The summed E-state index contributed by atoms with van der Waals surface area (Å²) in [4.78, 5) is 23.2.